The lowest BCUT2D eigenvalue weighted by Crippen LogP contribution is -2.36. The van der Waals surface area contributed by atoms with E-state index in [9.17, 15) is 18.4 Å². The molecule has 2 aromatic rings. The molecule has 1 amide bonds. The first-order valence-electron chi connectivity index (χ1n) is 8.51. The van der Waals surface area contributed by atoms with Crippen LogP contribution in [0.4, 0.5) is 8.78 Å². The highest BCUT2D eigenvalue weighted by Crippen LogP contribution is 2.22. The maximum absolute atomic E-state index is 13.5. The minimum Gasteiger partial charge on any atom is -0.455 e. The fraction of sp³-hybridized carbons (Fsp3) is 0.300. The van der Waals surface area contributed by atoms with E-state index in [-0.39, 0.29) is 16.7 Å². The molecule has 144 valence electrons. The molecule has 0 bridgehead atoms. The first kappa shape index (κ1) is 20.9. The third kappa shape index (κ3) is 7.78. The van der Waals surface area contributed by atoms with E-state index in [1.165, 1.54) is 5.56 Å². The molecule has 0 aromatic heterocycles. The van der Waals surface area contributed by atoms with E-state index in [2.05, 4.69) is 5.32 Å². The number of carbonyl (C=O) groups excluding carboxylic acids is 2. The Morgan fingerprint density at radius 1 is 1.15 bits per heavy atom. The van der Waals surface area contributed by atoms with E-state index in [1.807, 2.05) is 37.3 Å². The molecule has 0 spiro atoms. The zero-order valence-electron chi connectivity index (χ0n) is 14.9. The molecule has 0 saturated carbocycles. The molecule has 0 aliphatic rings. The summed E-state index contributed by atoms with van der Waals surface area (Å²) in [6.45, 7) is 1.48. The molecule has 2 aromatic carbocycles. The Balaban J connectivity index is 1.65. The summed E-state index contributed by atoms with van der Waals surface area (Å²) in [6.07, 6.45) is 1.59. The number of benzene rings is 2. The van der Waals surface area contributed by atoms with Crippen molar-refractivity contribution in [3.63, 3.8) is 0 Å². The summed E-state index contributed by atoms with van der Waals surface area (Å²) in [5.41, 5.74) is 1.19. The Morgan fingerprint density at radius 3 is 2.63 bits per heavy atom. The average molecular weight is 393 g/mol. The number of amides is 1. The number of rotatable bonds is 9. The molecule has 2 rings (SSSR count). The molecule has 0 unspecified atom stereocenters. The van der Waals surface area contributed by atoms with Crippen LogP contribution in [0.15, 0.2) is 53.4 Å². The summed E-state index contributed by atoms with van der Waals surface area (Å²) in [4.78, 5) is 23.5. The van der Waals surface area contributed by atoms with Crippen molar-refractivity contribution in [3.05, 3.63) is 65.7 Å². The molecule has 4 nitrogen and oxygen atoms in total. The molecule has 27 heavy (non-hydrogen) atoms. The summed E-state index contributed by atoms with van der Waals surface area (Å²) in [5.74, 6) is -2.48. The van der Waals surface area contributed by atoms with E-state index in [1.54, 1.807) is 0 Å². The zero-order valence-corrected chi connectivity index (χ0v) is 15.7. The van der Waals surface area contributed by atoms with Crippen molar-refractivity contribution >= 4 is 23.6 Å². The first-order valence-corrected chi connectivity index (χ1v) is 9.49. The quantitative estimate of drug-likeness (QED) is 0.521. The Bertz CT molecular complexity index is 771. The molecular weight excluding hydrogens is 372 g/mol. The molecule has 1 N–H and O–H groups in total. The SMILES string of the molecule is C[C@@H](CCc1ccccc1)NC(=O)COC(=O)CSc1cc(F)ccc1F. The number of esters is 1. The van der Waals surface area contributed by atoms with Crippen LogP contribution < -0.4 is 5.32 Å². The van der Waals surface area contributed by atoms with E-state index < -0.39 is 30.1 Å². The van der Waals surface area contributed by atoms with E-state index in [0.29, 0.717) is 0 Å². The van der Waals surface area contributed by atoms with Gasteiger partial charge < -0.3 is 10.1 Å². The van der Waals surface area contributed by atoms with Gasteiger partial charge in [-0.2, -0.15) is 0 Å². The highest BCUT2D eigenvalue weighted by Gasteiger charge is 2.12. The van der Waals surface area contributed by atoms with Crippen LogP contribution in [0.25, 0.3) is 0 Å². The van der Waals surface area contributed by atoms with Crippen LogP contribution in [-0.4, -0.2) is 30.3 Å². The van der Waals surface area contributed by atoms with Gasteiger partial charge in [0.15, 0.2) is 6.61 Å². The molecule has 7 heteroatoms. The predicted molar refractivity (Wildman–Crippen MR) is 100 cm³/mol. The summed E-state index contributed by atoms with van der Waals surface area (Å²) in [7, 11) is 0. The lowest BCUT2D eigenvalue weighted by Gasteiger charge is -2.14. The smallest absolute Gasteiger partial charge is 0.316 e. The Labute approximate surface area is 161 Å². The van der Waals surface area contributed by atoms with Gasteiger partial charge in [-0.1, -0.05) is 30.3 Å². The number of aryl methyl sites for hydroxylation is 1. The normalized spacial score (nSPS) is 11.7. The van der Waals surface area contributed by atoms with Gasteiger partial charge in [0.05, 0.1) is 5.75 Å². The lowest BCUT2D eigenvalue weighted by atomic mass is 10.1. The van der Waals surface area contributed by atoms with E-state index >= 15 is 0 Å². The van der Waals surface area contributed by atoms with Crippen molar-refractivity contribution in [1.29, 1.82) is 0 Å². The maximum atomic E-state index is 13.5. The number of nitrogens with one attached hydrogen (secondary N) is 1. The third-order valence-electron chi connectivity index (χ3n) is 3.72. The Hall–Kier alpha value is -2.41. The largest absolute Gasteiger partial charge is 0.455 e. The second kappa shape index (κ2) is 10.7. The molecule has 0 heterocycles. The van der Waals surface area contributed by atoms with Crippen LogP contribution in [0, 0.1) is 11.6 Å². The van der Waals surface area contributed by atoms with Crippen LogP contribution in [0.2, 0.25) is 0 Å². The number of thioether (sulfide) groups is 1. The molecule has 0 aliphatic heterocycles. The summed E-state index contributed by atoms with van der Waals surface area (Å²) >= 11 is 0.819. The maximum Gasteiger partial charge on any atom is 0.316 e. The molecule has 0 saturated heterocycles. The summed E-state index contributed by atoms with van der Waals surface area (Å²) in [6, 6.07) is 12.9. The van der Waals surface area contributed by atoms with Crippen LogP contribution >= 0.6 is 11.8 Å². The standard InChI is InChI=1S/C20H21F2NO3S/c1-14(7-8-15-5-3-2-4-6-15)23-19(24)12-26-20(25)13-27-18-11-16(21)9-10-17(18)22/h2-6,9-11,14H,7-8,12-13H2,1H3,(H,23,24)/t14-/m0/s1. The minimum atomic E-state index is -0.671. The van der Waals surface area contributed by atoms with Gasteiger partial charge in [0, 0.05) is 10.9 Å². The Morgan fingerprint density at radius 2 is 1.89 bits per heavy atom. The highest BCUT2D eigenvalue weighted by atomic mass is 32.2. The second-order valence-corrected chi connectivity index (χ2v) is 7.03. The molecule has 1 atom stereocenters. The van der Waals surface area contributed by atoms with Crippen molar-refractivity contribution in [2.45, 2.75) is 30.7 Å². The lowest BCUT2D eigenvalue weighted by molar-refractivity contribution is -0.146. The van der Waals surface area contributed by atoms with Gasteiger partial charge in [0.1, 0.15) is 11.6 Å². The fourth-order valence-electron chi connectivity index (χ4n) is 2.33. The van der Waals surface area contributed by atoms with Gasteiger partial charge in [-0.3, -0.25) is 9.59 Å². The number of ether oxygens (including phenoxy) is 1. The Kier molecular flexibility index (Phi) is 8.26. The van der Waals surface area contributed by atoms with Crippen LogP contribution in [0.1, 0.15) is 18.9 Å². The highest BCUT2D eigenvalue weighted by molar-refractivity contribution is 8.00. The van der Waals surface area contributed by atoms with Crippen LogP contribution in [0.5, 0.6) is 0 Å². The molecular formula is C20H21F2NO3S. The van der Waals surface area contributed by atoms with Gasteiger partial charge >= 0.3 is 5.97 Å². The summed E-state index contributed by atoms with van der Waals surface area (Å²) in [5, 5.41) is 2.76. The number of carbonyl (C=O) groups is 2. The predicted octanol–water partition coefficient (Wildman–Crippen LogP) is 3.74. The minimum absolute atomic E-state index is 0.0194. The third-order valence-corrected chi connectivity index (χ3v) is 4.72. The molecule has 0 radical (unpaired) electrons. The number of hydrogen-bond acceptors (Lipinski definition) is 4. The van der Waals surface area contributed by atoms with E-state index in [4.69, 9.17) is 4.74 Å². The number of hydrogen-bond donors (Lipinski definition) is 1. The molecule has 0 fully saturated rings. The van der Waals surface area contributed by atoms with E-state index in [0.717, 1.165) is 42.8 Å². The second-order valence-electron chi connectivity index (χ2n) is 6.02. The summed E-state index contributed by atoms with van der Waals surface area (Å²) < 4.78 is 31.4. The van der Waals surface area contributed by atoms with Crippen LogP contribution in [-0.2, 0) is 20.7 Å². The van der Waals surface area contributed by atoms with Crippen molar-refractivity contribution < 1.29 is 23.1 Å². The van der Waals surface area contributed by atoms with Crippen molar-refractivity contribution in [2.24, 2.45) is 0 Å². The molecule has 0 aliphatic carbocycles. The first-order chi connectivity index (χ1) is 12.9. The monoisotopic (exact) mass is 393 g/mol. The van der Waals surface area contributed by atoms with Crippen LogP contribution in [0.3, 0.4) is 0 Å². The van der Waals surface area contributed by atoms with Gasteiger partial charge in [-0.05, 0) is 43.5 Å². The number of halogens is 2. The van der Waals surface area contributed by atoms with Crippen molar-refractivity contribution in [3.8, 4) is 0 Å². The van der Waals surface area contributed by atoms with Gasteiger partial charge in [-0.25, -0.2) is 8.78 Å². The van der Waals surface area contributed by atoms with Crippen molar-refractivity contribution in [2.75, 3.05) is 12.4 Å². The fourth-order valence-corrected chi connectivity index (χ4v) is 3.09. The van der Waals surface area contributed by atoms with Crippen molar-refractivity contribution in [1.82, 2.24) is 5.32 Å². The topological polar surface area (TPSA) is 55.4 Å². The zero-order chi connectivity index (χ0) is 19.6. The van der Waals surface area contributed by atoms with Gasteiger partial charge in [0.2, 0.25) is 0 Å². The van der Waals surface area contributed by atoms with Gasteiger partial charge in [-0.15, -0.1) is 11.8 Å². The average Bonchev–Trinajstić information content (AvgIpc) is 2.66. The van der Waals surface area contributed by atoms with Gasteiger partial charge in [0.25, 0.3) is 5.91 Å².